The SMILES string of the molecule is CC[C@H](C)[C@H](NC(=O)OCC1c2ccccc2-c2ccccc21)C(=O)N(C)[C@H](C(=O)N(C)[C@H](C)CC(=O)N(C)[C@H](C)CC(=O)O)C1CCCCC1. The molecule has 4 rings (SSSR count). The molecule has 1 saturated carbocycles. The first-order valence-corrected chi connectivity index (χ1v) is 18.4. The molecule has 0 aromatic heterocycles. The van der Waals surface area contributed by atoms with Crippen molar-refractivity contribution in [2.24, 2.45) is 11.8 Å². The summed E-state index contributed by atoms with van der Waals surface area (Å²) in [5.41, 5.74) is 4.43. The summed E-state index contributed by atoms with van der Waals surface area (Å²) >= 11 is 0. The molecule has 0 bridgehead atoms. The third-order valence-electron chi connectivity index (χ3n) is 11.2. The summed E-state index contributed by atoms with van der Waals surface area (Å²) in [5.74, 6) is -2.31. The monoisotopic (exact) mass is 704 g/mol. The second-order valence-corrected chi connectivity index (χ2v) is 14.6. The van der Waals surface area contributed by atoms with Gasteiger partial charge in [0.15, 0.2) is 0 Å². The zero-order chi connectivity index (χ0) is 37.4. The third kappa shape index (κ3) is 9.28. The predicted octanol–water partition coefficient (Wildman–Crippen LogP) is 5.91. The minimum Gasteiger partial charge on any atom is -0.481 e. The number of amides is 4. The van der Waals surface area contributed by atoms with E-state index >= 15 is 0 Å². The molecule has 0 heterocycles. The maximum atomic E-state index is 14.4. The molecule has 0 radical (unpaired) electrons. The van der Waals surface area contributed by atoms with Gasteiger partial charge in [-0.3, -0.25) is 19.2 Å². The first kappa shape index (κ1) is 39.4. The predicted molar refractivity (Wildman–Crippen MR) is 196 cm³/mol. The molecule has 11 heteroatoms. The molecule has 0 saturated heterocycles. The van der Waals surface area contributed by atoms with Crippen LogP contribution in [-0.4, -0.2) is 102 Å². The Hall–Kier alpha value is -4.41. The number of likely N-dealkylation sites (N-methyl/N-ethyl adjacent to an activating group) is 2. The number of hydrogen-bond donors (Lipinski definition) is 2. The van der Waals surface area contributed by atoms with Crippen LogP contribution in [-0.2, 0) is 23.9 Å². The summed E-state index contributed by atoms with van der Waals surface area (Å²) in [4.78, 5) is 70.8. The van der Waals surface area contributed by atoms with Crippen molar-refractivity contribution in [3.63, 3.8) is 0 Å². The number of nitrogens with one attached hydrogen (secondary N) is 1. The van der Waals surface area contributed by atoms with Crippen LogP contribution in [0.2, 0.25) is 0 Å². The average Bonchev–Trinajstić information content (AvgIpc) is 3.45. The van der Waals surface area contributed by atoms with Crippen molar-refractivity contribution in [3.8, 4) is 11.1 Å². The molecule has 5 atom stereocenters. The van der Waals surface area contributed by atoms with Gasteiger partial charge in [-0.2, -0.15) is 0 Å². The molecule has 2 aromatic rings. The molecule has 2 aromatic carbocycles. The van der Waals surface area contributed by atoms with E-state index < -0.39 is 36.2 Å². The van der Waals surface area contributed by atoms with Crippen LogP contribution in [0.15, 0.2) is 48.5 Å². The van der Waals surface area contributed by atoms with Gasteiger partial charge in [-0.1, -0.05) is 88.1 Å². The van der Waals surface area contributed by atoms with E-state index in [4.69, 9.17) is 9.84 Å². The topological polar surface area (TPSA) is 137 Å². The van der Waals surface area contributed by atoms with E-state index in [1.165, 1.54) is 14.7 Å². The summed E-state index contributed by atoms with van der Waals surface area (Å²) in [6.45, 7) is 7.43. The largest absolute Gasteiger partial charge is 0.481 e. The van der Waals surface area contributed by atoms with Gasteiger partial charge in [-0.25, -0.2) is 4.79 Å². The van der Waals surface area contributed by atoms with Crippen molar-refractivity contribution >= 4 is 29.8 Å². The van der Waals surface area contributed by atoms with E-state index in [2.05, 4.69) is 29.6 Å². The number of carboxylic acid groups (broad SMARTS) is 1. The van der Waals surface area contributed by atoms with Crippen molar-refractivity contribution in [2.45, 2.75) is 109 Å². The number of carbonyl (C=O) groups is 5. The van der Waals surface area contributed by atoms with Crippen LogP contribution in [0.1, 0.15) is 96.1 Å². The quantitative estimate of drug-likeness (QED) is 0.236. The van der Waals surface area contributed by atoms with E-state index in [1.54, 1.807) is 35.0 Å². The van der Waals surface area contributed by atoms with Gasteiger partial charge in [0.25, 0.3) is 0 Å². The van der Waals surface area contributed by atoms with Crippen molar-refractivity contribution in [1.29, 1.82) is 0 Å². The lowest BCUT2D eigenvalue weighted by atomic mass is 9.82. The molecule has 1 fully saturated rings. The van der Waals surface area contributed by atoms with Crippen LogP contribution in [0.4, 0.5) is 4.79 Å². The van der Waals surface area contributed by atoms with E-state index in [9.17, 15) is 24.0 Å². The first-order chi connectivity index (χ1) is 24.3. The number of fused-ring (bicyclic) bond motifs is 3. The molecule has 4 amide bonds. The summed E-state index contributed by atoms with van der Waals surface area (Å²) in [7, 11) is 4.86. The number of rotatable bonds is 15. The lowest BCUT2D eigenvalue weighted by molar-refractivity contribution is -0.150. The van der Waals surface area contributed by atoms with Gasteiger partial charge >= 0.3 is 12.1 Å². The van der Waals surface area contributed by atoms with Crippen LogP contribution >= 0.6 is 0 Å². The highest BCUT2D eigenvalue weighted by molar-refractivity contribution is 5.92. The Morgan fingerprint density at radius 2 is 1.33 bits per heavy atom. The lowest BCUT2D eigenvalue weighted by Crippen LogP contribution is -2.59. The second-order valence-electron chi connectivity index (χ2n) is 14.6. The Morgan fingerprint density at radius 1 is 0.784 bits per heavy atom. The fraction of sp³-hybridized carbons (Fsp3) is 0.575. The van der Waals surface area contributed by atoms with Gasteiger partial charge in [-0.05, 0) is 60.8 Å². The molecule has 51 heavy (non-hydrogen) atoms. The minimum atomic E-state index is -0.991. The van der Waals surface area contributed by atoms with Crippen molar-refractivity contribution in [2.75, 3.05) is 27.7 Å². The summed E-state index contributed by atoms with van der Waals surface area (Å²) in [6, 6.07) is 13.5. The van der Waals surface area contributed by atoms with E-state index in [1.807, 2.05) is 38.1 Å². The van der Waals surface area contributed by atoms with E-state index in [-0.39, 0.29) is 54.9 Å². The molecule has 2 aliphatic rings. The van der Waals surface area contributed by atoms with E-state index in [0.717, 1.165) is 54.4 Å². The Labute approximate surface area is 302 Å². The zero-order valence-electron chi connectivity index (χ0n) is 31.3. The van der Waals surface area contributed by atoms with Crippen molar-refractivity contribution in [1.82, 2.24) is 20.0 Å². The molecule has 11 nitrogen and oxygen atoms in total. The van der Waals surface area contributed by atoms with Crippen LogP contribution in [0, 0.1) is 11.8 Å². The Morgan fingerprint density at radius 3 is 1.88 bits per heavy atom. The molecule has 2 aliphatic carbocycles. The van der Waals surface area contributed by atoms with Crippen LogP contribution in [0.3, 0.4) is 0 Å². The molecular weight excluding hydrogens is 648 g/mol. The van der Waals surface area contributed by atoms with Crippen molar-refractivity contribution < 1.29 is 33.8 Å². The second kappa shape index (κ2) is 17.7. The van der Waals surface area contributed by atoms with E-state index in [0.29, 0.717) is 6.42 Å². The number of hydrogen-bond acceptors (Lipinski definition) is 6. The molecule has 2 N–H and O–H groups in total. The Bertz CT molecular complexity index is 1510. The number of aliphatic carboxylic acids is 1. The summed E-state index contributed by atoms with van der Waals surface area (Å²) < 4.78 is 5.82. The molecular formula is C40H56N4O7. The van der Waals surface area contributed by atoms with Crippen LogP contribution in [0.5, 0.6) is 0 Å². The Kier molecular flexibility index (Phi) is 13.7. The zero-order valence-corrected chi connectivity index (χ0v) is 31.3. The Balaban J connectivity index is 1.48. The maximum Gasteiger partial charge on any atom is 0.407 e. The number of ether oxygens (including phenoxy) is 1. The van der Waals surface area contributed by atoms with Gasteiger partial charge in [0.05, 0.1) is 6.42 Å². The fourth-order valence-corrected chi connectivity index (χ4v) is 7.53. The fourth-order valence-electron chi connectivity index (χ4n) is 7.53. The number of carbonyl (C=O) groups excluding carboxylic acids is 4. The molecule has 0 aliphatic heterocycles. The van der Waals surface area contributed by atoms with Crippen LogP contribution in [0.25, 0.3) is 11.1 Å². The highest BCUT2D eigenvalue weighted by atomic mass is 16.5. The summed E-state index contributed by atoms with van der Waals surface area (Å²) in [6.07, 6.45) is 4.31. The molecule has 278 valence electrons. The number of nitrogens with zero attached hydrogens (tertiary/aromatic N) is 3. The third-order valence-corrected chi connectivity index (χ3v) is 11.2. The smallest absolute Gasteiger partial charge is 0.407 e. The normalized spacial score (nSPS) is 17.2. The molecule has 0 spiro atoms. The van der Waals surface area contributed by atoms with Crippen molar-refractivity contribution in [3.05, 3.63) is 59.7 Å². The van der Waals surface area contributed by atoms with Crippen LogP contribution < -0.4 is 5.32 Å². The molecule has 0 unspecified atom stereocenters. The number of benzene rings is 2. The van der Waals surface area contributed by atoms with Gasteiger partial charge in [0.2, 0.25) is 17.7 Å². The average molecular weight is 705 g/mol. The van der Waals surface area contributed by atoms with Gasteiger partial charge in [0.1, 0.15) is 18.7 Å². The number of alkyl carbamates (subject to hydrolysis) is 1. The standard InChI is InChI=1S/C40H56N4O7/c1-8-25(2)36(41-40(50)51-24-33-31-20-14-12-18-29(31)30-19-13-15-21-32(30)33)38(48)44(7)37(28-16-10-9-11-17-28)39(49)43(6)26(3)22-34(45)42(5)27(4)23-35(46)47/h12-15,18-21,25-28,33,36-37H,8-11,16-17,22-24H2,1-7H3,(H,41,50)(H,46,47)/t25-,26+,27+,36-,37-/m0/s1. The van der Waals surface area contributed by atoms with Gasteiger partial charge in [0, 0.05) is 45.6 Å². The highest BCUT2D eigenvalue weighted by Gasteiger charge is 2.41. The minimum absolute atomic E-state index is 0.0105. The van der Waals surface area contributed by atoms with Gasteiger partial charge < -0.3 is 29.9 Å². The summed E-state index contributed by atoms with van der Waals surface area (Å²) in [5, 5.41) is 12.0. The number of carboxylic acids is 1. The van der Waals surface area contributed by atoms with Gasteiger partial charge in [-0.15, -0.1) is 0 Å². The maximum absolute atomic E-state index is 14.4. The highest BCUT2D eigenvalue weighted by Crippen LogP contribution is 2.44. The lowest BCUT2D eigenvalue weighted by Gasteiger charge is -2.41. The first-order valence-electron chi connectivity index (χ1n) is 18.4.